The molecular formula is C30H21N3O. The number of para-hydroxylation sites is 1. The Morgan fingerprint density at radius 1 is 0.765 bits per heavy atom. The molecule has 7 rings (SSSR count). The summed E-state index contributed by atoms with van der Waals surface area (Å²) >= 11 is 0. The fourth-order valence-electron chi connectivity index (χ4n) is 5.24. The molecule has 0 atom stereocenters. The molecule has 0 N–H and O–H groups in total. The van der Waals surface area contributed by atoms with E-state index in [9.17, 15) is 0 Å². The quantitative estimate of drug-likeness (QED) is 0.303. The molecule has 0 bridgehead atoms. The van der Waals surface area contributed by atoms with Gasteiger partial charge < -0.3 is 4.74 Å². The molecule has 1 aliphatic carbocycles. The van der Waals surface area contributed by atoms with E-state index in [1.807, 2.05) is 24.4 Å². The van der Waals surface area contributed by atoms with E-state index in [1.165, 1.54) is 21.9 Å². The second-order valence-corrected chi connectivity index (χ2v) is 8.65. The van der Waals surface area contributed by atoms with Gasteiger partial charge in [0.2, 0.25) is 0 Å². The Bertz CT molecular complexity index is 1720. The summed E-state index contributed by atoms with van der Waals surface area (Å²) in [6, 6.07) is 31.7. The van der Waals surface area contributed by atoms with Crippen LogP contribution in [0.25, 0.3) is 50.1 Å². The lowest BCUT2D eigenvalue weighted by Crippen LogP contribution is -1.96. The molecule has 0 amide bonds. The fraction of sp³-hybridized carbons (Fsp3) is 0.0667. The molecule has 0 fully saturated rings. The maximum atomic E-state index is 5.67. The van der Waals surface area contributed by atoms with Gasteiger partial charge in [-0.05, 0) is 47.5 Å². The number of benzene rings is 3. The van der Waals surface area contributed by atoms with E-state index < -0.39 is 0 Å². The first-order valence-electron chi connectivity index (χ1n) is 11.4. The summed E-state index contributed by atoms with van der Waals surface area (Å²) in [5.41, 5.74) is 8.96. The Balaban J connectivity index is 1.45. The highest BCUT2D eigenvalue weighted by molar-refractivity contribution is 6.10. The number of hydrogen-bond donors (Lipinski definition) is 0. The third kappa shape index (κ3) is 2.72. The average Bonchev–Trinajstić information content (AvgIpc) is 3.44. The average molecular weight is 440 g/mol. The Morgan fingerprint density at radius 3 is 2.53 bits per heavy atom. The van der Waals surface area contributed by atoms with Gasteiger partial charge in [0, 0.05) is 34.5 Å². The smallest absolute Gasteiger partial charge is 0.137 e. The van der Waals surface area contributed by atoms with Gasteiger partial charge in [-0.1, -0.05) is 54.6 Å². The number of rotatable bonds is 3. The predicted octanol–water partition coefficient (Wildman–Crippen LogP) is 6.82. The number of pyridine rings is 2. The van der Waals surface area contributed by atoms with Gasteiger partial charge in [0.1, 0.15) is 11.6 Å². The molecule has 4 heteroatoms. The lowest BCUT2D eigenvalue weighted by molar-refractivity contribution is 0.416. The Hall–Kier alpha value is -4.44. The summed E-state index contributed by atoms with van der Waals surface area (Å²) in [7, 11) is 1.72. The number of ether oxygens (including phenoxy) is 1. The largest absolute Gasteiger partial charge is 0.496 e. The molecule has 3 aromatic heterocycles. The molecule has 3 heterocycles. The Kier molecular flexibility index (Phi) is 4.09. The molecule has 34 heavy (non-hydrogen) atoms. The fourth-order valence-corrected chi connectivity index (χ4v) is 5.24. The van der Waals surface area contributed by atoms with Gasteiger partial charge >= 0.3 is 0 Å². The SMILES string of the molecule is COc1cccc2c1-c1nc(-c3ccc4c5ccccc5n(-c5ccccn5)c4c3)ccc1C2. The van der Waals surface area contributed by atoms with E-state index >= 15 is 0 Å². The normalized spacial score (nSPS) is 12.1. The summed E-state index contributed by atoms with van der Waals surface area (Å²) in [5.74, 6) is 1.79. The van der Waals surface area contributed by atoms with Crippen LogP contribution in [0.2, 0.25) is 0 Å². The first-order chi connectivity index (χ1) is 16.8. The highest BCUT2D eigenvalue weighted by atomic mass is 16.5. The van der Waals surface area contributed by atoms with Crippen LogP contribution in [0, 0.1) is 0 Å². The first-order valence-corrected chi connectivity index (χ1v) is 11.4. The molecule has 0 unspecified atom stereocenters. The molecule has 0 aliphatic heterocycles. The summed E-state index contributed by atoms with van der Waals surface area (Å²) in [4.78, 5) is 9.78. The second-order valence-electron chi connectivity index (χ2n) is 8.65. The molecule has 162 valence electrons. The maximum absolute atomic E-state index is 5.67. The lowest BCUT2D eigenvalue weighted by Gasteiger charge is -2.10. The van der Waals surface area contributed by atoms with Crippen LogP contribution in [0.5, 0.6) is 5.75 Å². The van der Waals surface area contributed by atoms with Crippen molar-refractivity contribution in [3.05, 3.63) is 108 Å². The highest BCUT2D eigenvalue weighted by Gasteiger charge is 2.24. The van der Waals surface area contributed by atoms with Crippen molar-refractivity contribution in [2.45, 2.75) is 6.42 Å². The molecule has 6 aromatic rings. The van der Waals surface area contributed by atoms with Crippen molar-refractivity contribution in [2.75, 3.05) is 7.11 Å². The topological polar surface area (TPSA) is 39.9 Å². The van der Waals surface area contributed by atoms with Gasteiger partial charge in [0.05, 0.1) is 29.5 Å². The summed E-state index contributed by atoms with van der Waals surface area (Å²) in [6.45, 7) is 0. The van der Waals surface area contributed by atoms with Crippen molar-refractivity contribution < 1.29 is 4.74 Å². The first kappa shape index (κ1) is 19.1. The highest BCUT2D eigenvalue weighted by Crippen LogP contribution is 2.42. The molecular weight excluding hydrogens is 418 g/mol. The van der Waals surface area contributed by atoms with Crippen molar-refractivity contribution in [2.24, 2.45) is 0 Å². The van der Waals surface area contributed by atoms with Crippen LogP contribution in [-0.2, 0) is 6.42 Å². The Morgan fingerprint density at radius 2 is 1.65 bits per heavy atom. The number of aromatic nitrogens is 3. The third-order valence-electron chi connectivity index (χ3n) is 6.78. The van der Waals surface area contributed by atoms with Crippen molar-refractivity contribution in [3.8, 4) is 34.1 Å². The van der Waals surface area contributed by atoms with Crippen LogP contribution in [0.3, 0.4) is 0 Å². The summed E-state index contributed by atoms with van der Waals surface area (Å²) in [6.07, 6.45) is 2.73. The number of nitrogens with zero attached hydrogens (tertiary/aromatic N) is 3. The van der Waals surface area contributed by atoms with Crippen LogP contribution < -0.4 is 4.74 Å². The minimum absolute atomic E-state index is 0.881. The zero-order chi connectivity index (χ0) is 22.6. The van der Waals surface area contributed by atoms with Gasteiger partial charge in [-0.15, -0.1) is 0 Å². The Labute approximate surface area is 197 Å². The third-order valence-corrected chi connectivity index (χ3v) is 6.78. The van der Waals surface area contributed by atoms with Crippen molar-refractivity contribution >= 4 is 21.8 Å². The molecule has 0 saturated carbocycles. The molecule has 0 spiro atoms. The van der Waals surface area contributed by atoms with Crippen LogP contribution in [0.1, 0.15) is 11.1 Å². The molecule has 0 saturated heterocycles. The van der Waals surface area contributed by atoms with Crippen LogP contribution >= 0.6 is 0 Å². The van der Waals surface area contributed by atoms with Crippen molar-refractivity contribution in [1.29, 1.82) is 0 Å². The standard InChI is InChI=1S/C30H21N3O/c1-34-27-10-6-7-20-17-21-13-15-24(32-30(21)29(20)27)19-12-14-23-22-8-2-3-9-25(22)33(26(23)18-19)28-11-4-5-16-31-28/h2-16,18H,17H2,1H3. The van der Waals surface area contributed by atoms with Gasteiger partial charge in [0.15, 0.2) is 0 Å². The minimum Gasteiger partial charge on any atom is -0.496 e. The minimum atomic E-state index is 0.881. The summed E-state index contributed by atoms with van der Waals surface area (Å²) < 4.78 is 7.90. The van der Waals surface area contributed by atoms with Gasteiger partial charge in [-0.3, -0.25) is 4.57 Å². The van der Waals surface area contributed by atoms with Crippen LogP contribution in [-0.4, -0.2) is 21.6 Å². The van der Waals surface area contributed by atoms with E-state index in [1.54, 1.807) is 7.11 Å². The molecule has 0 radical (unpaired) electrons. The van der Waals surface area contributed by atoms with Gasteiger partial charge in [0.25, 0.3) is 0 Å². The summed E-state index contributed by atoms with van der Waals surface area (Å²) in [5, 5.41) is 2.42. The number of methoxy groups -OCH3 is 1. The predicted molar refractivity (Wildman–Crippen MR) is 137 cm³/mol. The molecule has 3 aromatic carbocycles. The zero-order valence-corrected chi connectivity index (χ0v) is 18.7. The van der Waals surface area contributed by atoms with Crippen molar-refractivity contribution in [1.82, 2.24) is 14.5 Å². The van der Waals surface area contributed by atoms with Crippen molar-refractivity contribution in [3.63, 3.8) is 0 Å². The number of hydrogen-bond acceptors (Lipinski definition) is 3. The zero-order valence-electron chi connectivity index (χ0n) is 18.7. The van der Waals surface area contributed by atoms with Gasteiger partial charge in [-0.25, -0.2) is 9.97 Å². The van der Waals surface area contributed by atoms with E-state index in [2.05, 4.69) is 82.3 Å². The second kappa shape index (κ2) is 7.29. The van der Waals surface area contributed by atoms with E-state index in [4.69, 9.17) is 9.72 Å². The van der Waals surface area contributed by atoms with Crippen LogP contribution in [0.15, 0.2) is 97.2 Å². The molecule has 4 nitrogen and oxygen atoms in total. The van der Waals surface area contributed by atoms with Gasteiger partial charge in [-0.2, -0.15) is 0 Å². The monoisotopic (exact) mass is 439 g/mol. The molecule has 1 aliphatic rings. The maximum Gasteiger partial charge on any atom is 0.137 e. The van der Waals surface area contributed by atoms with E-state index in [0.717, 1.165) is 51.5 Å². The van der Waals surface area contributed by atoms with E-state index in [-0.39, 0.29) is 0 Å². The number of fused-ring (bicyclic) bond motifs is 6. The van der Waals surface area contributed by atoms with E-state index in [0.29, 0.717) is 0 Å². The lowest BCUT2D eigenvalue weighted by atomic mass is 10.1. The van der Waals surface area contributed by atoms with Crippen LogP contribution in [0.4, 0.5) is 0 Å².